The van der Waals surface area contributed by atoms with Crippen LogP contribution in [0.1, 0.15) is 51.9 Å². The molecule has 1 aliphatic heterocycles. The fourth-order valence-electron chi connectivity index (χ4n) is 4.28. The summed E-state index contributed by atoms with van der Waals surface area (Å²) in [5.74, 6) is 0.573. The van der Waals surface area contributed by atoms with Gasteiger partial charge in [0.1, 0.15) is 0 Å². The second kappa shape index (κ2) is 5.91. The first-order chi connectivity index (χ1) is 9.60. The molecule has 20 heavy (non-hydrogen) atoms. The summed E-state index contributed by atoms with van der Waals surface area (Å²) in [4.78, 5) is 2.54. The Morgan fingerprint density at radius 3 is 2.35 bits per heavy atom. The van der Waals surface area contributed by atoms with E-state index in [1.165, 1.54) is 25.7 Å². The fourth-order valence-corrected chi connectivity index (χ4v) is 4.28. The molecule has 0 aromatic carbocycles. The highest BCUT2D eigenvalue weighted by molar-refractivity contribution is 4.96. The maximum atomic E-state index is 6.41. The zero-order chi connectivity index (χ0) is 14.2. The van der Waals surface area contributed by atoms with E-state index in [1.807, 2.05) is 0 Å². The lowest BCUT2D eigenvalue weighted by Crippen LogP contribution is -2.57. The molecule has 2 N–H and O–H groups in total. The summed E-state index contributed by atoms with van der Waals surface area (Å²) in [6.45, 7) is 3.86. The molecule has 0 amide bonds. The summed E-state index contributed by atoms with van der Waals surface area (Å²) in [6.07, 6.45) is 8.25. The third-order valence-electron chi connectivity index (χ3n) is 5.77. The number of ether oxygens (including phenoxy) is 2. The molecule has 2 unspecified atom stereocenters. The number of hydrogen-bond acceptors (Lipinski definition) is 4. The molecule has 2 aliphatic carbocycles. The van der Waals surface area contributed by atoms with Crippen LogP contribution < -0.4 is 5.73 Å². The molecule has 1 spiro atoms. The van der Waals surface area contributed by atoms with E-state index in [9.17, 15) is 0 Å². The minimum Gasteiger partial charge on any atom is -0.347 e. The third-order valence-corrected chi connectivity index (χ3v) is 5.77. The molecule has 2 atom stereocenters. The van der Waals surface area contributed by atoms with Crippen LogP contribution in [0.2, 0.25) is 0 Å². The minimum absolute atomic E-state index is 0.262. The molecule has 0 bridgehead atoms. The van der Waals surface area contributed by atoms with Crippen LogP contribution in [0.3, 0.4) is 0 Å². The molecule has 3 aliphatic rings. The van der Waals surface area contributed by atoms with Gasteiger partial charge in [-0.15, -0.1) is 0 Å². The average Bonchev–Trinajstić information content (AvgIpc) is 2.90. The van der Waals surface area contributed by atoms with Gasteiger partial charge >= 0.3 is 0 Å². The van der Waals surface area contributed by atoms with E-state index in [0.29, 0.717) is 12.1 Å². The van der Waals surface area contributed by atoms with Crippen molar-refractivity contribution < 1.29 is 9.47 Å². The molecule has 116 valence electrons. The van der Waals surface area contributed by atoms with E-state index in [2.05, 4.69) is 18.9 Å². The molecule has 3 rings (SSSR count). The number of nitrogens with zero attached hydrogens (tertiary/aromatic N) is 1. The van der Waals surface area contributed by atoms with E-state index in [-0.39, 0.29) is 11.8 Å². The first-order valence-electron chi connectivity index (χ1n) is 8.35. The van der Waals surface area contributed by atoms with Crippen molar-refractivity contribution in [2.75, 3.05) is 20.3 Å². The normalized spacial score (nSPS) is 41.4. The van der Waals surface area contributed by atoms with Crippen molar-refractivity contribution in [2.24, 2.45) is 11.7 Å². The Morgan fingerprint density at radius 2 is 1.70 bits per heavy atom. The molecule has 1 heterocycles. The van der Waals surface area contributed by atoms with E-state index in [4.69, 9.17) is 15.2 Å². The second-order valence-electron chi connectivity index (χ2n) is 7.16. The Morgan fingerprint density at radius 1 is 1.05 bits per heavy atom. The Labute approximate surface area is 123 Å². The van der Waals surface area contributed by atoms with Crippen LogP contribution in [-0.2, 0) is 9.47 Å². The van der Waals surface area contributed by atoms with Crippen molar-refractivity contribution in [1.82, 2.24) is 4.90 Å². The lowest BCUT2D eigenvalue weighted by Gasteiger charge is -2.47. The van der Waals surface area contributed by atoms with Crippen molar-refractivity contribution in [1.29, 1.82) is 0 Å². The molecule has 1 saturated heterocycles. The van der Waals surface area contributed by atoms with Crippen molar-refractivity contribution >= 4 is 0 Å². The van der Waals surface area contributed by atoms with Gasteiger partial charge in [-0.3, -0.25) is 4.90 Å². The van der Waals surface area contributed by atoms with Crippen molar-refractivity contribution in [3.8, 4) is 0 Å². The predicted molar refractivity (Wildman–Crippen MR) is 79.4 cm³/mol. The highest BCUT2D eigenvalue weighted by atomic mass is 16.7. The molecular formula is C16H30N2O2. The van der Waals surface area contributed by atoms with Gasteiger partial charge in [-0.05, 0) is 45.1 Å². The monoisotopic (exact) mass is 282 g/mol. The van der Waals surface area contributed by atoms with Gasteiger partial charge in [0.2, 0.25) is 0 Å². The molecule has 0 aromatic rings. The number of rotatable bonds is 2. The van der Waals surface area contributed by atoms with Crippen LogP contribution in [0.4, 0.5) is 0 Å². The lowest BCUT2D eigenvalue weighted by molar-refractivity contribution is -0.193. The third kappa shape index (κ3) is 2.89. The van der Waals surface area contributed by atoms with Crippen LogP contribution in [0.5, 0.6) is 0 Å². The van der Waals surface area contributed by atoms with Gasteiger partial charge in [0.25, 0.3) is 0 Å². The fraction of sp³-hybridized carbons (Fsp3) is 1.00. The number of hydrogen-bond donors (Lipinski definition) is 1. The topological polar surface area (TPSA) is 47.7 Å². The summed E-state index contributed by atoms with van der Waals surface area (Å²) in [6, 6.07) is 1.36. The Kier molecular flexibility index (Phi) is 4.37. The SMILES string of the molecule is CC1CCC(N(C)C2CC3(CCC2N)OCCO3)CC1. The average molecular weight is 282 g/mol. The van der Waals surface area contributed by atoms with Gasteiger partial charge in [0, 0.05) is 31.0 Å². The zero-order valence-corrected chi connectivity index (χ0v) is 13.0. The zero-order valence-electron chi connectivity index (χ0n) is 13.0. The first-order valence-corrected chi connectivity index (χ1v) is 8.35. The van der Waals surface area contributed by atoms with E-state index in [0.717, 1.165) is 38.4 Å². The molecular weight excluding hydrogens is 252 g/mol. The van der Waals surface area contributed by atoms with Gasteiger partial charge in [0.05, 0.1) is 13.2 Å². The highest BCUT2D eigenvalue weighted by Crippen LogP contribution is 2.38. The maximum absolute atomic E-state index is 6.41. The molecule has 4 nitrogen and oxygen atoms in total. The highest BCUT2D eigenvalue weighted by Gasteiger charge is 2.46. The molecule has 3 fully saturated rings. The van der Waals surface area contributed by atoms with Gasteiger partial charge in [-0.2, -0.15) is 0 Å². The van der Waals surface area contributed by atoms with Crippen molar-refractivity contribution in [2.45, 2.75) is 75.8 Å². The lowest BCUT2D eigenvalue weighted by atomic mass is 9.81. The minimum atomic E-state index is -0.323. The smallest absolute Gasteiger partial charge is 0.170 e. The van der Waals surface area contributed by atoms with Crippen molar-refractivity contribution in [3.63, 3.8) is 0 Å². The Bertz CT molecular complexity index is 322. The summed E-state index contributed by atoms with van der Waals surface area (Å²) < 4.78 is 11.8. The summed E-state index contributed by atoms with van der Waals surface area (Å²) in [5, 5.41) is 0. The van der Waals surface area contributed by atoms with Gasteiger partial charge in [0.15, 0.2) is 5.79 Å². The maximum Gasteiger partial charge on any atom is 0.170 e. The van der Waals surface area contributed by atoms with Crippen molar-refractivity contribution in [3.05, 3.63) is 0 Å². The first kappa shape index (κ1) is 14.8. The van der Waals surface area contributed by atoms with Gasteiger partial charge in [-0.25, -0.2) is 0 Å². The standard InChI is InChI=1S/C16H30N2O2/c1-12-3-5-13(6-4-12)18(2)15-11-16(8-7-14(15)17)19-9-10-20-16/h12-15H,3-11,17H2,1-2H3. The number of likely N-dealkylation sites (N-methyl/N-ethyl adjacent to an activating group) is 1. The predicted octanol–water partition coefficient (Wildman–Crippen LogP) is 2.12. The molecule has 2 saturated carbocycles. The van der Waals surface area contributed by atoms with E-state index in [1.54, 1.807) is 0 Å². The van der Waals surface area contributed by atoms with Crippen LogP contribution in [0.15, 0.2) is 0 Å². The number of nitrogens with two attached hydrogens (primary N) is 1. The largest absolute Gasteiger partial charge is 0.347 e. The van der Waals surface area contributed by atoms with Gasteiger partial charge in [-0.1, -0.05) is 6.92 Å². The molecule has 0 aromatic heterocycles. The van der Waals surface area contributed by atoms with Crippen LogP contribution >= 0.6 is 0 Å². The van der Waals surface area contributed by atoms with Gasteiger partial charge < -0.3 is 15.2 Å². The summed E-state index contributed by atoms with van der Waals surface area (Å²) in [7, 11) is 2.26. The van der Waals surface area contributed by atoms with Crippen LogP contribution in [0, 0.1) is 5.92 Å². The summed E-state index contributed by atoms with van der Waals surface area (Å²) in [5.41, 5.74) is 6.41. The van der Waals surface area contributed by atoms with E-state index >= 15 is 0 Å². The van der Waals surface area contributed by atoms with Crippen LogP contribution in [0.25, 0.3) is 0 Å². The Balaban J connectivity index is 1.64. The summed E-state index contributed by atoms with van der Waals surface area (Å²) >= 11 is 0. The Hall–Kier alpha value is -0.160. The van der Waals surface area contributed by atoms with E-state index < -0.39 is 0 Å². The second-order valence-corrected chi connectivity index (χ2v) is 7.16. The van der Waals surface area contributed by atoms with Crippen LogP contribution in [-0.4, -0.2) is 49.1 Å². The quantitative estimate of drug-likeness (QED) is 0.843. The molecule has 0 radical (unpaired) electrons. The molecule has 4 heteroatoms.